The van der Waals surface area contributed by atoms with Crippen molar-refractivity contribution in [3.05, 3.63) is 75.4 Å². The van der Waals surface area contributed by atoms with Crippen LogP contribution in [0.2, 0.25) is 5.02 Å². The zero-order valence-corrected chi connectivity index (χ0v) is 16.9. The third kappa shape index (κ3) is 3.10. The van der Waals surface area contributed by atoms with Gasteiger partial charge in [0.15, 0.2) is 0 Å². The molecule has 2 aliphatic heterocycles. The number of fused-ring (bicyclic) bond motifs is 1. The summed E-state index contributed by atoms with van der Waals surface area (Å²) in [5, 5.41) is -0.0713. The predicted octanol–water partition coefficient (Wildman–Crippen LogP) is 5.43. The number of imide groups is 1. The normalized spacial score (nSPS) is 22.1. The Balaban J connectivity index is 1.76. The molecular weight excluding hydrogens is 399 g/mol. The highest BCUT2D eigenvalue weighted by Crippen LogP contribution is 2.48. The van der Waals surface area contributed by atoms with Crippen molar-refractivity contribution in [2.45, 2.75) is 25.8 Å². The van der Waals surface area contributed by atoms with E-state index in [1.807, 2.05) is 19.9 Å². The average Bonchev–Trinajstić information content (AvgIpc) is 2.96. The molecule has 7 heteroatoms. The topological polar surface area (TPSA) is 40.6 Å². The van der Waals surface area contributed by atoms with Crippen LogP contribution >= 0.6 is 23.4 Å². The molecule has 0 saturated carbocycles. The number of nitrogens with zero attached hydrogens (tertiary/aromatic N) is 2. The molecule has 28 heavy (non-hydrogen) atoms. The van der Waals surface area contributed by atoms with Crippen LogP contribution in [0.15, 0.2) is 59.0 Å². The minimum atomic E-state index is -0.429. The third-order valence-electron chi connectivity index (χ3n) is 5.21. The van der Waals surface area contributed by atoms with E-state index in [4.69, 9.17) is 11.6 Å². The van der Waals surface area contributed by atoms with Crippen LogP contribution in [-0.2, 0) is 11.3 Å². The Kier molecular flexibility index (Phi) is 4.93. The number of urea groups is 1. The molecule has 0 N–H and O–H groups in total. The molecule has 2 aromatic carbocycles. The maximum atomic E-state index is 13.4. The van der Waals surface area contributed by atoms with Gasteiger partial charge < -0.3 is 4.90 Å². The fourth-order valence-electron chi connectivity index (χ4n) is 3.60. The number of para-hydroxylation sites is 1. The van der Waals surface area contributed by atoms with Crippen molar-refractivity contribution in [3.63, 3.8) is 0 Å². The van der Waals surface area contributed by atoms with E-state index in [-0.39, 0.29) is 22.8 Å². The second kappa shape index (κ2) is 7.26. The summed E-state index contributed by atoms with van der Waals surface area (Å²) in [7, 11) is 0. The lowest BCUT2D eigenvalue weighted by atomic mass is 9.95. The van der Waals surface area contributed by atoms with Crippen LogP contribution in [0.25, 0.3) is 0 Å². The van der Waals surface area contributed by atoms with Crippen LogP contribution in [0, 0.1) is 11.7 Å². The number of carbonyl (C=O) groups excluding carboxylic acids is 2. The molecule has 2 aromatic rings. The summed E-state index contributed by atoms with van der Waals surface area (Å²) in [4.78, 5) is 30.5. The number of anilines is 1. The molecule has 3 amide bonds. The number of hydrogen-bond acceptors (Lipinski definition) is 3. The lowest BCUT2D eigenvalue weighted by Crippen LogP contribution is -2.60. The van der Waals surface area contributed by atoms with Crippen molar-refractivity contribution >= 4 is 41.0 Å². The molecule has 1 fully saturated rings. The summed E-state index contributed by atoms with van der Waals surface area (Å²) < 4.78 is 13.4. The molecule has 144 valence electrons. The second-order valence-corrected chi connectivity index (χ2v) is 8.62. The molecule has 2 unspecified atom stereocenters. The number of benzene rings is 2. The standard InChI is InChI=1S/C21H18ClFN2O2S/c1-12-13(2)28-20-18(12)19(26)25(16-6-4-3-5-7-16)21(27)24(20)11-14-8-9-15(23)10-17(14)22/h3-10,18,20H,11H2,1-2H3. The molecule has 4 nitrogen and oxygen atoms in total. The lowest BCUT2D eigenvalue weighted by Gasteiger charge is -2.42. The molecule has 4 rings (SSSR count). The van der Waals surface area contributed by atoms with Crippen molar-refractivity contribution in [2.75, 3.05) is 4.90 Å². The molecule has 0 bridgehead atoms. The van der Waals surface area contributed by atoms with E-state index >= 15 is 0 Å². The summed E-state index contributed by atoms with van der Waals surface area (Å²) in [6, 6.07) is 12.6. The quantitative estimate of drug-likeness (QED) is 0.669. The summed E-state index contributed by atoms with van der Waals surface area (Å²) in [5.74, 6) is -1.06. The largest absolute Gasteiger partial charge is 0.332 e. The summed E-state index contributed by atoms with van der Waals surface area (Å²) >= 11 is 7.72. The Labute approximate surface area is 172 Å². The first-order chi connectivity index (χ1) is 13.4. The Morgan fingerprint density at radius 2 is 1.82 bits per heavy atom. The lowest BCUT2D eigenvalue weighted by molar-refractivity contribution is -0.122. The van der Waals surface area contributed by atoms with E-state index in [0.717, 1.165) is 10.5 Å². The molecule has 2 aliphatic rings. The second-order valence-electron chi connectivity index (χ2n) is 6.88. The summed E-state index contributed by atoms with van der Waals surface area (Å²) in [6.07, 6.45) is 0. The fraction of sp³-hybridized carbons (Fsp3) is 0.238. The minimum Gasteiger partial charge on any atom is -0.306 e. The molecule has 0 aliphatic carbocycles. The van der Waals surface area contributed by atoms with Gasteiger partial charge in [-0.2, -0.15) is 0 Å². The predicted molar refractivity (Wildman–Crippen MR) is 110 cm³/mol. The van der Waals surface area contributed by atoms with Crippen LogP contribution in [0.3, 0.4) is 0 Å². The highest BCUT2D eigenvalue weighted by Gasteiger charge is 2.51. The maximum absolute atomic E-state index is 13.4. The molecule has 1 saturated heterocycles. The van der Waals surface area contributed by atoms with E-state index in [1.165, 1.54) is 28.8 Å². The smallest absolute Gasteiger partial charge is 0.306 e. The summed E-state index contributed by atoms with van der Waals surface area (Å²) in [5.41, 5.74) is 2.15. The number of carbonyl (C=O) groups is 2. The van der Waals surface area contributed by atoms with Gasteiger partial charge in [0.25, 0.3) is 0 Å². The first-order valence-electron chi connectivity index (χ1n) is 8.86. The van der Waals surface area contributed by atoms with Gasteiger partial charge in [0.05, 0.1) is 23.5 Å². The Hall–Kier alpha value is -2.31. The van der Waals surface area contributed by atoms with Crippen LogP contribution in [0.5, 0.6) is 0 Å². The minimum absolute atomic E-state index is 0.198. The number of hydrogen-bond donors (Lipinski definition) is 0. The highest BCUT2D eigenvalue weighted by atomic mass is 35.5. The van der Waals surface area contributed by atoms with E-state index in [0.29, 0.717) is 11.3 Å². The third-order valence-corrected chi connectivity index (χ3v) is 7.00. The van der Waals surface area contributed by atoms with Crippen molar-refractivity contribution in [1.29, 1.82) is 0 Å². The number of thioether (sulfide) groups is 1. The molecular formula is C21H18ClFN2O2S. The Morgan fingerprint density at radius 3 is 2.50 bits per heavy atom. The molecule has 0 radical (unpaired) electrons. The van der Waals surface area contributed by atoms with Gasteiger partial charge in [-0.15, -0.1) is 11.8 Å². The SMILES string of the molecule is CC1=C(C)C2C(=O)N(c3ccccc3)C(=O)N(Cc3ccc(F)cc3Cl)C2S1. The molecule has 0 aromatic heterocycles. The van der Waals surface area contributed by atoms with Gasteiger partial charge in [-0.25, -0.2) is 14.1 Å². The van der Waals surface area contributed by atoms with Crippen molar-refractivity contribution in [1.82, 2.24) is 4.90 Å². The van der Waals surface area contributed by atoms with Crippen LogP contribution in [-0.4, -0.2) is 22.2 Å². The Morgan fingerprint density at radius 1 is 1.11 bits per heavy atom. The van der Waals surface area contributed by atoms with E-state index in [1.54, 1.807) is 35.2 Å². The van der Waals surface area contributed by atoms with Gasteiger partial charge >= 0.3 is 6.03 Å². The van der Waals surface area contributed by atoms with E-state index in [2.05, 4.69) is 0 Å². The van der Waals surface area contributed by atoms with Gasteiger partial charge in [-0.05, 0) is 54.2 Å². The summed E-state index contributed by atoms with van der Waals surface area (Å²) in [6.45, 7) is 4.10. The molecule has 2 atom stereocenters. The number of allylic oxidation sites excluding steroid dienone is 1. The van der Waals surface area contributed by atoms with Crippen molar-refractivity contribution in [2.24, 2.45) is 5.92 Å². The van der Waals surface area contributed by atoms with Gasteiger partial charge in [-0.1, -0.05) is 35.9 Å². The number of rotatable bonds is 3. The monoisotopic (exact) mass is 416 g/mol. The Bertz CT molecular complexity index is 995. The van der Waals surface area contributed by atoms with Crippen LogP contribution in [0.4, 0.5) is 14.9 Å². The van der Waals surface area contributed by atoms with Crippen LogP contribution < -0.4 is 4.90 Å². The zero-order chi connectivity index (χ0) is 20.0. The van der Waals surface area contributed by atoms with Gasteiger partial charge in [-0.3, -0.25) is 4.79 Å². The number of halogens is 2. The van der Waals surface area contributed by atoms with E-state index < -0.39 is 17.8 Å². The van der Waals surface area contributed by atoms with E-state index in [9.17, 15) is 14.0 Å². The van der Waals surface area contributed by atoms with Crippen LogP contribution in [0.1, 0.15) is 19.4 Å². The first kappa shape index (κ1) is 19.0. The van der Waals surface area contributed by atoms with Crippen molar-refractivity contribution in [3.8, 4) is 0 Å². The fourth-order valence-corrected chi connectivity index (χ4v) is 5.25. The maximum Gasteiger partial charge on any atom is 0.332 e. The molecule has 0 spiro atoms. The first-order valence-corrected chi connectivity index (χ1v) is 10.1. The molecule has 2 heterocycles. The number of amides is 3. The van der Waals surface area contributed by atoms with Gasteiger partial charge in [0.2, 0.25) is 5.91 Å². The van der Waals surface area contributed by atoms with Gasteiger partial charge in [0.1, 0.15) is 5.82 Å². The van der Waals surface area contributed by atoms with Crippen molar-refractivity contribution < 1.29 is 14.0 Å². The highest BCUT2D eigenvalue weighted by molar-refractivity contribution is 8.03. The zero-order valence-electron chi connectivity index (χ0n) is 15.4. The van der Waals surface area contributed by atoms with Gasteiger partial charge in [0, 0.05) is 5.02 Å². The average molecular weight is 417 g/mol.